The predicted octanol–water partition coefficient (Wildman–Crippen LogP) is 4.13. The summed E-state index contributed by atoms with van der Waals surface area (Å²) >= 11 is 0. The van der Waals surface area contributed by atoms with Crippen molar-refractivity contribution in [1.29, 1.82) is 0 Å². The highest BCUT2D eigenvalue weighted by Crippen LogP contribution is 2.51. The Morgan fingerprint density at radius 3 is 2.46 bits per heavy atom. The van der Waals surface area contributed by atoms with Crippen LogP contribution >= 0.6 is 0 Å². The van der Waals surface area contributed by atoms with Crippen molar-refractivity contribution in [1.82, 2.24) is 0 Å². The van der Waals surface area contributed by atoms with Crippen LogP contribution in [0, 0.1) is 5.92 Å². The fourth-order valence-corrected chi connectivity index (χ4v) is 5.20. The summed E-state index contributed by atoms with van der Waals surface area (Å²) in [6.07, 6.45) is 0.252. The molecule has 2 fully saturated rings. The molecule has 146 valence electrons. The van der Waals surface area contributed by atoms with Crippen molar-refractivity contribution in [2.45, 2.75) is 82.8 Å². The molecule has 0 amide bonds. The molecule has 5 atom stereocenters. The van der Waals surface area contributed by atoms with Crippen LogP contribution in [0.3, 0.4) is 0 Å². The first-order valence-electron chi connectivity index (χ1n) is 9.72. The van der Waals surface area contributed by atoms with Gasteiger partial charge in [0.2, 0.25) is 0 Å². The van der Waals surface area contributed by atoms with E-state index in [-0.39, 0.29) is 23.2 Å². The standard InChI is InChI=1S/C21H34O4Si/c1-15-17-12-18(25-26(5,6)20(2,3)4)21(24-17,19(15)22)14-23-13-16-10-8-7-9-11-16/h7-11,15,17-19,22H,12-14H2,1-6H3/t15-,17-,18-,19+,21-/m1/s1. The molecule has 0 radical (unpaired) electrons. The number of benzene rings is 1. The van der Waals surface area contributed by atoms with Crippen LogP contribution in [0.2, 0.25) is 18.1 Å². The van der Waals surface area contributed by atoms with E-state index >= 15 is 0 Å². The number of rotatable bonds is 6. The van der Waals surface area contributed by atoms with Crippen molar-refractivity contribution in [3.63, 3.8) is 0 Å². The summed E-state index contributed by atoms with van der Waals surface area (Å²) in [5, 5.41) is 11.1. The van der Waals surface area contributed by atoms with Gasteiger partial charge < -0.3 is 19.0 Å². The van der Waals surface area contributed by atoms with E-state index < -0.39 is 20.0 Å². The van der Waals surface area contributed by atoms with Gasteiger partial charge in [0, 0.05) is 12.3 Å². The van der Waals surface area contributed by atoms with Crippen LogP contribution < -0.4 is 0 Å². The highest BCUT2D eigenvalue weighted by atomic mass is 28.4. The van der Waals surface area contributed by atoms with Gasteiger partial charge in [0.15, 0.2) is 8.32 Å². The van der Waals surface area contributed by atoms with Gasteiger partial charge in [-0.15, -0.1) is 0 Å². The summed E-state index contributed by atoms with van der Waals surface area (Å²) in [5.41, 5.74) is 0.384. The fraction of sp³-hybridized carbons (Fsp3) is 0.714. The van der Waals surface area contributed by atoms with E-state index in [1.807, 2.05) is 30.3 Å². The number of aliphatic hydroxyl groups is 1. The molecule has 1 aromatic rings. The lowest BCUT2D eigenvalue weighted by Gasteiger charge is -2.45. The van der Waals surface area contributed by atoms with E-state index in [0.29, 0.717) is 13.2 Å². The summed E-state index contributed by atoms with van der Waals surface area (Å²) in [5.74, 6) is 0.120. The molecule has 0 unspecified atom stereocenters. The molecule has 2 bridgehead atoms. The normalized spacial score (nSPS) is 34.4. The van der Waals surface area contributed by atoms with Crippen LogP contribution in [0.15, 0.2) is 30.3 Å². The van der Waals surface area contributed by atoms with Crippen molar-refractivity contribution in [3.8, 4) is 0 Å². The van der Waals surface area contributed by atoms with E-state index in [2.05, 4.69) is 40.8 Å². The quantitative estimate of drug-likeness (QED) is 0.756. The Kier molecular flexibility index (Phi) is 5.41. The Bertz CT molecular complexity index is 612. The molecule has 2 aliphatic heterocycles. The van der Waals surface area contributed by atoms with Crippen molar-refractivity contribution in [2.75, 3.05) is 6.61 Å². The van der Waals surface area contributed by atoms with Crippen LogP contribution in [0.25, 0.3) is 0 Å². The van der Waals surface area contributed by atoms with E-state index in [4.69, 9.17) is 13.9 Å². The lowest BCUT2D eigenvalue weighted by atomic mass is 9.78. The van der Waals surface area contributed by atoms with Gasteiger partial charge in [0.05, 0.1) is 31.5 Å². The monoisotopic (exact) mass is 378 g/mol. The second kappa shape index (κ2) is 7.02. The zero-order valence-electron chi connectivity index (χ0n) is 17.0. The molecular formula is C21H34O4Si. The minimum absolute atomic E-state index is 0.0556. The Labute approximate surface area is 159 Å². The zero-order chi connectivity index (χ0) is 19.2. The SMILES string of the molecule is C[C@@H]1[C@H]2C[C@@H](O[Si](C)(C)C(C)(C)C)[C@@](COCc3ccccc3)(O2)[C@H]1O. The molecule has 4 nitrogen and oxygen atoms in total. The second-order valence-electron chi connectivity index (χ2n) is 9.50. The van der Waals surface area contributed by atoms with Gasteiger partial charge in [-0.1, -0.05) is 58.0 Å². The second-order valence-corrected chi connectivity index (χ2v) is 14.3. The molecule has 1 N–H and O–H groups in total. The van der Waals surface area contributed by atoms with Gasteiger partial charge >= 0.3 is 0 Å². The minimum Gasteiger partial charge on any atom is -0.411 e. The van der Waals surface area contributed by atoms with Gasteiger partial charge in [-0.2, -0.15) is 0 Å². The molecule has 2 aliphatic rings. The molecule has 1 aromatic carbocycles. The topological polar surface area (TPSA) is 47.9 Å². The largest absolute Gasteiger partial charge is 0.411 e. The van der Waals surface area contributed by atoms with E-state index in [0.717, 1.165) is 12.0 Å². The van der Waals surface area contributed by atoms with Crippen LogP contribution in [-0.2, 0) is 20.5 Å². The van der Waals surface area contributed by atoms with Gasteiger partial charge in [0.25, 0.3) is 0 Å². The third kappa shape index (κ3) is 3.52. The molecule has 3 rings (SSSR count). The predicted molar refractivity (Wildman–Crippen MR) is 106 cm³/mol. The molecule has 0 spiro atoms. The first kappa shape index (κ1) is 20.0. The maximum atomic E-state index is 10.9. The van der Waals surface area contributed by atoms with E-state index in [1.165, 1.54) is 0 Å². The van der Waals surface area contributed by atoms with Crippen molar-refractivity contribution in [2.24, 2.45) is 5.92 Å². The molecule has 5 heteroatoms. The fourth-order valence-electron chi connectivity index (χ4n) is 3.84. The summed E-state index contributed by atoms with van der Waals surface area (Å²) in [7, 11) is -1.96. The van der Waals surface area contributed by atoms with Crippen molar-refractivity contribution < 1.29 is 19.0 Å². The van der Waals surface area contributed by atoms with Crippen molar-refractivity contribution in [3.05, 3.63) is 35.9 Å². The first-order chi connectivity index (χ1) is 12.1. The molecule has 0 aromatic heterocycles. The third-order valence-electron chi connectivity index (χ3n) is 6.63. The Balaban J connectivity index is 1.73. The van der Waals surface area contributed by atoms with Gasteiger partial charge in [-0.05, 0) is 23.7 Å². The lowest BCUT2D eigenvalue weighted by Crippen LogP contribution is -2.59. The average Bonchev–Trinajstić information content (AvgIpc) is 3.02. The van der Waals surface area contributed by atoms with Crippen LogP contribution in [-0.4, -0.2) is 43.9 Å². The van der Waals surface area contributed by atoms with E-state index in [9.17, 15) is 5.11 Å². The maximum absolute atomic E-state index is 10.9. The van der Waals surface area contributed by atoms with Gasteiger partial charge in [-0.3, -0.25) is 0 Å². The highest BCUT2D eigenvalue weighted by molar-refractivity contribution is 6.74. The van der Waals surface area contributed by atoms with Gasteiger partial charge in [0.1, 0.15) is 5.60 Å². The Morgan fingerprint density at radius 2 is 1.88 bits per heavy atom. The third-order valence-corrected chi connectivity index (χ3v) is 11.1. The average molecular weight is 379 g/mol. The Hall–Kier alpha value is -0.723. The molecule has 2 heterocycles. The molecule has 26 heavy (non-hydrogen) atoms. The van der Waals surface area contributed by atoms with E-state index in [1.54, 1.807) is 0 Å². The zero-order valence-corrected chi connectivity index (χ0v) is 18.0. The number of aliphatic hydroxyl groups excluding tert-OH is 1. The maximum Gasteiger partial charge on any atom is 0.192 e. The number of hydrogen-bond acceptors (Lipinski definition) is 4. The highest BCUT2D eigenvalue weighted by Gasteiger charge is 2.64. The number of fused-ring (bicyclic) bond motifs is 2. The Morgan fingerprint density at radius 1 is 1.23 bits per heavy atom. The summed E-state index contributed by atoms with van der Waals surface area (Å²) in [6, 6.07) is 10.1. The van der Waals surface area contributed by atoms with Crippen LogP contribution in [0.1, 0.15) is 39.7 Å². The summed E-state index contributed by atoms with van der Waals surface area (Å²) < 4.78 is 19.0. The summed E-state index contributed by atoms with van der Waals surface area (Å²) in [6.45, 7) is 14.2. The molecule has 0 saturated carbocycles. The number of hydrogen-bond donors (Lipinski definition) is 1. The van der Waals surface area contributed by atoms with Crippen LogP contribution in [0.4, 0.5) is 0 Å². The molecule has 0 aliphatic carbocycles. The molecular weight excluding hydrogens is 344 g/mol. The number of ether oxygens (including phenoxy) is 2. The van der Waals surface area contributed by atoms with Crippen molar-refractivity contribution >= 4 is 8.32 Å². The first-order valence-corrected chi connectivity index (χ1v) is 12.6. The van der Waals surface area contributed by atoms with Gasteiger partial charge in [-0.25, -0.2) is 0 Å². The van der Waals surface area contributed by atoms with Crippen LogP contribution in [0.5, 0.6) is 0 Å². The smallest absolute Gasteiger partial charge is 0.192 e. The minimum atomic E-state index is -1.96. The molecule has 2 saturated heterocycles. The summed E-state index contributed by atoms with van der Waals surface area (Å²) in [4.78, 5) is 0. The lowest BCUT2D eigenvalue weighted by molar-refractivity contribution is -0.140.